The van der Waals surface area contributed by atoms with Gasteiger partial charge in [0.05, 0.1) is 17.2 Å². The molecule has 49 heavy (non-hydrogen) atoms. The van der Waals surface area contributed by atoms with Crippen LogP contribution in [-0.2, 0) is 32.6 Å². The van der Waals surface area contributed by atoms with Gasteiger partial charge in [0.25, 0.3) is 10.0 Å². The maximum absolute atomic E-state index is 15.2. The number of para-hydroxylation sites is 2. The van der Waals surface area contributed by atoms with Crippen molar-refractivity contribution >= 4 is 39.1 Å². The fourth-order valence-electron chi connectivity index (χ4n) is 6.10. The summed E-state index contributed by atoms with van der Waals surface area (Å²) in [5, 5.41) is 3.50. The first-order chi connectivity index (χ1) is 23.7. The lowest BCUT2D eigenvalue weighted by atomic mass is 9.94. The van der Waals surface area contributed by atoms with Gasteiger partial charge in [-0.1, -0.05) is 91.5 Å². The number of halogens is 2. The third-order valence-electron chi connectivity index (χ3n) is 8.64. The minimum absolute atomic E-state index is 0.0511. The van der Waals surface area contributed by atoms with Crippen molar-refractivity contribution in [2.75, 3.05) is 17.5 Å². The van der Waals surface area contributed by atoms with Gasteiger partial charge in [0.15, 0.2) is 0 Å². The molecule has 4 aromatic carbocycles. The van der Waals surface area contributed by atoms with E-state index in [0.717, 1.165) is 42.0 Å². The fourth-order valence-corrected chi connectivity index (χ4v) is 7.65. The smallest absolute Gasteiger partial charge is 0.264 e. The SMILES string of the molecule is CCOc1ccccc1N(CC(=O)N(Cc1ccccc1F)[C@H](Cc1ccccc1)C(=O)NC1CCCCC1)S(=O)(=O)c1ccc(Cl)cc1. The van der Waals surface area contributed by atoms with Crippen molar-refractivity contribution in [2.45, 2.75) is 69.0 Å². The molecule has 1 aliphatic rings. The average molecular weight is 706 g/mol. The largest absolute Gasteiger partial charge is 0.492 e. The molecule has 1 saturated carbocycles. The van der Waals surface area contributed by atoms with E-state index in [1.165, 1.54) is 35.2 Å². The first-order valence-corrected chi connectivity index (χ1v) is 18.4. The van der Waals surface area contributed by atoms with Crippen molar-refractivity contribution in [3.8, 4) is 5.75 Å². The number of hydrogen-bond acceptors (Lipinski definition) is 5. The van der Waals surface area contributed by atoms with Gasteiger partial charge in [-0.2, -0.15) is 0 Å². The molecule has 1 aliphatic carbocycles. The summed E-state index contributed by atoms with van der Waals surface area (Å²) < 4.78 is 50.7. The van der Waals surface area contributed by atoms with Crippen molar-refractivity contribution in [3.05, 3.63) is 125 Å². The molecule has 2 amide bonds. The third-order valence-corrected chi connectivity index (χ3v) is 10.7. The molecule has 8 nitrogen and oxygen atoms in total. The predicted octanol–water partition coefficient (Wildman–Crippen LogP) is 7.16. The van der Waals surface area contributed by atoms with Crippen molar-refractivity contribution in [3.63, 3.8) is 0 Å². The van der Waals surface area contributed by atoms with E-state index in [1.807, 2.05) is 30.3 Å². The summed E-state index contributed by atoms with van der Waals surface area (Å²) in [5.74, 6) is -1.35. The molecule has 5 rings (SSSR count). The minimum Gasteiger partial charge on any atom is -0.492 e. The van der Waals surface area contributed by atoms with Gasteiger partial charge in [-0.05, 0) is 67.8 Å². The van der Waals surface area contributed by atoms with Crippen LogP contribution in [0.15, 0.2) is 108 Å². The molecule has 0 bridgehead atoms. The zero-order chi connectivity index (χ0) is 34.8. The van der Waals surface area contributed by atoms with Gasteiger partial charge in [0, 0.05) is 29.6 Å². The molecule has 258 valence electrons. The number of carbonyl (C=O) groups is 2. The highest BCUT2D eigenvalue weighted by atomic mass is 35.5. The summed E-state index contributed by atoms with van der Waals surface area (Å²) in [7, 11) is -4.38. The summed E-state index contributed by atoms with van der Waals surface area (Å²) in [4.78, 5) is 30.2. The minimum atomic E-state index is -4.38. The van der Waals surface area contributed by atoms with E-state index in [2.05, 4.69) is 5.32 Å². The van der Waals surface area contributed by atoms with Gasteiger partial charge in [0.2, 0.25) is 11.8 Å². The molecule has 0 heterocycles. The van der Waals surface area contributed by atoms with Crippen LogP contribution in [0.4, 0.5) is 10.1 Å². The number of rotatable bonds is 14. The zero-order valence-corrected chi connectivity index (χ0v) is 29.0. The molecule has 0 unspecified atom stereocenters. The summed E-state index contributed by atoms with van der Waals surface area (Å²) in [6.45, 7) is 1.07. The molecule has 11 heteroatoms. The number of anilines is 1. The lowest BCUT2D eigenvalue weighted by Crippen LogP contribution is -2.55. The Kier molecular flexibility index (Phi) is 12.3. The molecule has 0 aromatic heterocycles. The highest BCUT2D eigenvalue weighted by Crippen LogP contribution is 2.33. The molecular weight excluding hydrogens is 665 g/mol. The van der Waals surface area contributed by atoms with Crippen LogP contribution in [0.1, 0.15) is 50.2 Å². The van der Waals surface area contributed by atoms with E-state index in [4.69, 9.17) is 16.3 Å². The van der Waals surface area contributed by atoms with Crippen LogP contribution in [0.3, 0.4) is 0 Å². The second kappa shape index (κ2) is 16.8. The number of hydrogen-bond donors (Lipinski definition) is 1. The zero-order valence-electron chi connectivity index (χ0n) is 27.4. The average Bonchev–Trinajstić information content (AvgIpc) is 3.11. The number of nitrogens with one attached hydrogen (secondary N) is 1. The number of amides is 2. The normalized spacial score (nSPS) is 14.1. The first-order valence-electron chi connectivity index (χ1n) is 16.5. The number of nitrogens with zero attached hydrogens (tertiary/aromatic N) is 2. The Balaban J connectivity index is 1.60. The quantitative estimate of drug-likeness (QED) is 0.150. The van der Waals surface area contributed by atoms with E-state index in [1.54, 1.807) is 49.4 Å². The van der Waals surface area contributed by atoms with Crippen LogP contribution < -0.4 is 14.4 Å². The van der Waals surface area contributed by atoms with E-state index < -0.39 is 34.3 Å². The Morgan fingerprint density at radius 2 is 1.55 bits per heavy atom. The molecule has 0 saturated heterocycles. The van der Waals surface area contributed by atoms with Crippen molar-refractivity contribution in [1.82, 2.24) is 10.2 Å². The Bertz CT molecular complexity index is 1820. The Labute approximate surface area is 292 Å². The van der Waals surface area contributed by atoms with Crippen molar-refractivity contribution in [1.29, 1.82) is 0 Å². The number of carbonyl (C=O) groups excluding carboxylic acids is 2. The van der Waals surface area contributed by atoms with Crippen LogP contribution in [-0.4, -0.2) is 50.4 Å². The Morgan fingerprint density at radius 1 is 0.898 bits per heavy atom. The molecular formula is C38H41ClFN3O5S. The second-order valence-corrected chi connectivity index (χ2v) is 14.3. The van der Waals surface area contributed by atoms with Gasteiger partial charge < -0.3 is 15.0 Å². The molecule has 0 spiro atoms. The molecule has 1 fully saturated rings. The standard InChI is InChI=1S/C38H41ClFN3O5S/c1-2-48-36-20-12-11-19-34(36)43(49(46,47)32-23-21-30(39)22-24-32)27-37(44)42(26-29-15-9-10-18-33(29)40)35(25-28-13-5-3-6-14-28)38(45)41-31-16-7-4-8-17-31/h3,5-6,9-15,18-24,31,35H,2,4,7-8,16-17,25-27H2,1H3,(H,41,45)/t35-/m1/s1. The van der Waals surface area contributed by atoms with Crippen molar-refractivity contribution in [2.24, 2.45) is 0 Å². The lowest BCUT2D eigenvalue weighted by Gasteiger charge is -2.35. The summed E-state index contributed by atoms with van der Waals surface area (Å²) in [5.41, 5.74) is 1.14. The van der Waals surface area contributed by atoms with Gasteiger partial charge >= 0.3 is 0 Å². The van der Waals surface area contributed by atoms with E-state index in [9.17, 15) is 18.0 Å². The van der Waals surface area contributed by atoms with Crippen LogP contribution in [0, 0.1) is 5.82 Å². The highest BCUT2D eigenvalue weighted by molar-refractivity contribution is 7.92. The molecule has 0 radical (unpaired) electrons. The molecule has 1 N–H and O–H groups in total. The van der Waals surface area contributed by atoms with E-state index in [-0.39, 0.29) is 53.4 Å². The second-order valence-electron chi connectivity index (χ2n) is 12.0. The third kappa shape index (κ3) is 9.19. The van der Waals surface area contributed by atoms with Gasteiger partial charge in [-0.3, -0.25) is 13.9 Å². The topological polar surface area (TPSA) is 96.0 Å². The van der Waals surface area contributed by atoms with Crippen LogP contribution in [0.5, 0.6) is 5.75 Å². The van der Waals surface area contributed by atoms with E-state index >= 15 is 4.39 Å². The lowest BCUT2D eigenvalue weighted by molar-refractivity contribution is -0.140. The first kappa shape index (κ1) is 35.9. The number of benzene rings is 4. The fraction of sp³-hybridized carbons (Fsp3) is 0.316. The summed E-state index contributed by atoms with van der Waals surface area (Å²) in [6.07, 6.45) is 4.86. The summed E-state index contributed by atoms with van der Waals surface area (Å²) in [6, 6.07) is 26.4. The van der Waals surface area contributed by atoms with Crippen molar-refractivity contribution < 1.29 is 27.1 Å². The number of sulfonamides is 1. The predicted molar refractivity (Wildman–Crippen MR) is 189 cm³/mol. The molecule has 0 aliphatic heterocycles. The highest BCUT2D eigenvalue weighted by Gasteiger charge is 2.36. The molecule has 4 aromatic rings. The van der Waals surface area contributed by atoms with Gasteiger partial charge in [-0.15, -0.1) is 0 Å². The van der Waals surface area contributed by atoms with Crippen LogP contribution in [0.25, 0.3) is 0 Å². The Morgan fingerprint density at radius 3 is 2.24 bits per heavy atom. The number of ether oxygens (including phenoxy) is 1. The van der Waals surface area contributed by atoms with Crippen LogP contribution >= 0.6 is 11.6 Å². The Hall–Kier alpha value is -4.41. The monoisotopic (exact) mass is 705 g/mol. The van der Waals surface area contributed by atoms with Gasteiger partial charge in [0.1, 0.15) is 24.2 Å². The maximum atomic E-state index is 15.2. The van der Waals surface area contributed by atoms with Gasteiger partial charge in [-0.25, -0.2) is 12.8 Å². The van der Waals surface area contributed by atoms with Crippen LogP contribution in [0.2, 0.25) is 5.02 Å². The molecule has 1 atom stereocenters. The summed E-state index contributed by atoms with van der Waals surface area (Å²) >= 11 is 6.08. The van der Waals surface area contributed by atoms with E-state index in [0.29, 0.717) is 5.02 Å². The maximum Gasteiger partial charge on any atom is 0.264 e.